The Labute approximate surface area is 83.9 Å². The Bertz CT molecular complexity index is 329. The Kier molecular flexibility index (Phi) is 3.05. The van der Waals surface area contributed by atoms with Crippen molar-refractivity contribution < 1.29 is 26.7 Å². The molecule has 7 heteroatoms. The topological polar surface area (TPSA) is 76.8 Å². The fourth-order valence-corrected chi connectivity index (χ4v) is 0.812. The Balaban J connectivity index is 0.000000845. The van der Waals surface area contributed by atoms with Crippen LogP contribution in [0.4, 0.5) is 0 Å². The van der Waals surface area contributed by atoms with Crippen LogP contribution in [-0.4, -0.2) is 15.9 Å². The molecule has 13 heavy (non-hydrogen) atoms. The first-order valence-corrected chi connectivity index (χ1v) is 3.25. The fraction of sp³-hybridized carbons (Fsp3) is 0.167. The standard InChI is InChI=1S/C6H4N4O2.Cu/c11-6-4(12-10-9-6)5-7-2-1-3-8-5;/h1-4H;/q;+2. The summed E-state index contributed by atoms with van der Waals surface area (Å²) >= 11 is 0. The molecule has 0 saturated carbocycles. The van der Waals surface area contributed by atoms with Crippen LogP contribution < -0.4 is 0 Å². The molecule has 0 bridgehead atoms. The molecule has 0 spiro atoms. The minimum absolute atomic E-state index is 0. The molecule has 0 N–H and O–H groups in total. The molecular weight excluding hydrogens is 224 g/mol. The van der Waals surface area contributed by atoms with Crippen molar-refractivity contribution >= 4 is 5.91 Å². The van der Waals surface area contributed by atoms with Crippen LogP contribution in [0.25, 0.3) is 0 Å². The Morgan fingerprint density at radius 1 is 1.31 bits per heavy atom. The molecule has 1 aliphatic heterocycles. The third kappa shape index (κ3) is 1.88. The van der Waals surface area contributed by atoms with Gasteiger partial charge in [-0.3, -0.25) is 4.79 Å². The third-order valence-electron chi connectivity index (χ3n) is 1.34. The van der Waals surface area contributed by atoms with E-state index >= 15 is 0 Å². The number of carbonyl (C=O) groups excluding carboxylic acids is 1. The maximum atomic E-state index is 10.9. The molecule has 0 fully saturated rings. The van der Waals surface area contributed by atoms with E-state index in [-0.39, 0.29) is 22.9 Å². The van der Waals surface area contributed by atoms with E-state index in [0.717, 1.165) is 0 Å². The predicted molar refractivity (Wildman–Crippen MR) is 35.7 cm³/mol. The summed E-state index contributed by atoms with van der Waals surface area (Å²) in [6, 6.07) is 1.65. The second-order valence-electron chi connectivity index (χ2n) is 2.11. The molecule has 69 valence electrons. The van der Waals surface area contributed by atoms with Gasteiger partial charge in [-0.15, -0.1) is 0 Å². The van der Waals surface area contributed by atoms with Crippen molar-refractivity contribution in [2.24, 2.45) is 10.4 Å². The second-order valence-corrected chi connectivity index (χ2v) is 2.11. The predicted octanol–water partition coefficient (Wildman–Crippen LogP) is 0.439. The largest absolute Gasteiger partial charge is 2.00 e. The van der Waals surface area contributed by atoms with Gasteiger partial charge in [0.1, 0.15) is 0 Å². The summed E-state index contributed by atoms with van der Waals surface area (Å²) in [5, 5.41) is 6.30. The summed E-state index contributed by atoms with van der Waals surface area (Å²) in [4.78, 5) is 23.2. The van der Waals surface area contributed by atoms with E-state index in [4.69, 9.17) is 0 Å². The molecule has 1 aromatic heterocycles. The molecule has 1 atom stereocenters. The molecule has 2 rings (SSSR count). The van der Waals surface area contributed by atoms with Gasteiger partial charge in [0.15, 0.2) is 5.82 Å². The summed E-state index contributed by atoms with van der Waals surface area (Å²) in [6.07, 6.45) is 2.19. The zero-order chi connectivity index (χ0) is 8.39. The number of hydrogen-bond acceptors (Lipinski definition) is 5. The Morgan fingerprint density at radius 2 is 2.00 bits per heavy atom. The van der Waals surface area contributed by atoms with Crippen molar-refractivity contribution in [1.29, 1.82) is 0 Å². The van der Waals surface area contributed by atoms with Crippen molar-refractivity contribution in [3.05, 3.63) is 24.3 Å². The maximum Gasteiger partial charge on any atom is 2.00 e. The van der Waals surface area contributed by atoms with Crippen molar-refractivity contribution in [3.8, 4) is 0 Å². The first-order chi connectivity index (χ1) is 5.88. The number of carbonyl (C=O) groups is 1. The van der Waals surface area contributed by atoms with Gasteiger partial charge in [-0.25, -0.2) is 9.97 Å². The van der Waals surface area contributed by atoms with Crippen LogP contribution in [0.15, 0.2) is 28.9 Å². The average Bonchev–Trinajstić information content (AvgIpc) is 2.53. The minimum Gasteiger partial charge on any atom is -0.357 e. The maximum absolute atomic E-state index is 10.9. The molecule has 1 radical (unpaired) electrons. The second kappa shape index (κ2) is 4.06. The van der Waals surface area contributed by atoms with Crippen LogP contribution >= 0.6 is 0 Å². The summed E-state index contributed by atoms with van der Waals surface area (Å²) in [6.45, 7) is 0. The van der Waals surface area contributed by atoms with Gasteiger partial charge in [-0.1, -0.05) is 5.11 Å². The van der Waals surface area contributed by atoms with Crippen molar-refractivity contribution in [3.63, 3.8) is 0 Å². The van der Waals surface area contributed by atoms with Crippen LogP contribution in [0.1, 0.15) is 11.9 Å². The molecule has 0 saturated heterocycles. The van der Waals surface area contributed by atoms with Gasteiger partial charge in [0, 0.05) is 17.7 Å². The van der Waals surface area contributed by atoms with Crippen molar-refractivity contribution in [2.75, 3.05) is 0 Å². The van der Waals surface area contributed by atoms with Gasteiger partial charge in [-0.2, -0.15) is 0 Å². The average molecular weight is 228 g/mol. The zero-order valence-electron chi connectivity index (χ0n) is 6.22. The molecule has 1 aromatic rings. The van der Waals surface area contributed by atoms with Gasteiger partial charge < -0.3 is 4.84 Å². The summed E-state index contributed by atoms with van der Waals surface area (Å²) in [5.41, 5.74) is 0. The first-order valence-electron chi connectivity index (χ1n) is 3.25. The van der Waals surface area contributed by atoms with E-state index in [1.165, 1.54) is 12.4 Å². The first kappa shape index (κ1) is 9.76. The SMILES string of the molecule is O=C1N=NOC1c1ncccn1.[Cu+2]. The number of aromatic nitrogens is 2. The molecule has 2 heterocycles. The van der Waals surface area contributed by atoms with Crippen molar-refractivity contribution in [1.82, 2.24) is 9.97 Å². The molecule has 0 aliphatic carbocycles. The smallest absolute Gasteiger partial charge is 0.357 e. The number of hydrogen-bond donors (Lipinski definition) is 0. The van der Waals surface area contributed by atoms with Crippen LogP contribution in [0.5, 0.6) is 0 Å². The molecule has 1 unspecified atom stereocenters. The van der Waals surface area contributed by atoms with E-state index in [9.17, 15) is 4.79 Å². The summed E-state index contributed by atoms with van der Waals surface area (Å²) in [7, 11) is 0. The van der Waals surface area contributed by atoms with Crippen LogP contribution in [0.3, 0.4) is 0 Å². The van der Waals surface area contributed by atoms with Gasteiger partial charge >= 0.3 is 23.0 Å². The van der Waals surface area contributed by atoms with E-state index in [1.807, 2.05) is 0 Å². The van der Waals surface area contributed by atoms with Gasteiger partial charge in [0.2, 0.25) is 0 Å². The third-order valence-corrected chi connectivity index (χ3v) is 1.34. The molecule has 6 nitrogen and oxygen atoms in total. The van der Waals surface area contributed by atoms with Crippen molar-refractivity contribution in [2.45, 2.75) is 6.10 Å². The fourth-order valence-electron chi connectivity index (χ4n) is 0.812. The number of rotatable bonds is 1. The Hall–Kier alpha value is -1.33. The van der Waals surface area contributed by atoms with E-state index in [2.05, 4.69) is 25.2 Å². The van der Waals surface area contributed by atoms with Crippen LogP contribution in [0.2, 0.25) is 0 Å². The molecule has 1 aliphatic rings. The van der Waals surface area contributed by atoms with Crippen LogP contribution in [-0.2, 0) is 26.7 Å². The summed E-state index contributed by atoms with van der Waals surface area (Å²) < 4.78 is 0. The molecular formula is C6H4CuN4O2+2. The zero-order valence-corrected chi connectivity index (χ0v) is 7.16. The molecule has 0 aromatic carbocycles. The van der Waals surface area contributed by atoms with E-state index in [1.54, 1.807) is 6.07 Å². The van der Waals surface area contributed by atoms with Gasteiger partial charge in [0.25, 0.3) is 6.10 Å². The Morgan fingerprint density at radius 3 is 2.54 bits per heavy atom. The monoisotopic (exact) mass is 227 g/mol. The number of nitrogens with zero attached hydrogens (tertiary/aromatic N) is 4. The van der Waals surface area contributed by atoms with E-state index in [0.29, 0.717) is 0 Å². The summed E-state index contributed by atoms with van der Waals surface area (Å²) in [5.74, 6) is -0.186. The van der Waals surface area contributed by atoms with Crippen LogP contribution in [0, 0.1) is 0 Å². The normalized spacial score (nSPS) is 19.4. The van der Waals surface area contributed by atoms with Gasteiger partial charge in [0.05, 0.1) is 0 Å². The number of amides is 1. The van der Waals surface area contributed by atoms with Gasteiger partial charge in [-0.05, 0) is 6.07 Å². The minimum atomic E-state index is -0.855. The quantitative estimate of drug-likeness (QED) is 0.653. The van der Waals surface area contributed by atoms with E-state index < -0.39 is 12.0 Å². The molecule has 1 amide bonds.